The van der Waals surface area contributed by atoms with E-state index in [1.165, 1.54) is 18.2 Å². The minimum Gasteiger partial charge on any atom is -0.338 e. The maximum absolute atomic E-state index is 13.0. The highest BCUT2D eigenvalue weighted by atomic mass is 32.2. The van der Waals surface area contributed by atoms with Gasteiger partial charge in [0.2, 0.25) is 5.91 Å². The molecule has 166 valence electrons. The topological polar surface area (TPSA) is 52.7 Å². The second kappa shape index (κ2) is 11.3. The van der Waals surface area contributed by atoms with Gasteiger partial charge in [0.1, 0.15) is 0 Å². The van der Waals surface area contributed by atoms with E-state index < -0.39 is 0 Å². The van der Waals surface area contributed by atoms with Crippen LogP contribution >= 0.6 is 11.8 Å². The zero-order chi connectivity index (χ0) is 22.2. The molecule has 1 N–H and O–H groups in total. The number of nitrogens with one attached hydrogen (secondary N) is 1. The van der Waals surface area contributed by atoms with Crippen LogP contribution < -0.4 is 5.43 Å². The van der Waals surface area contributed by atoms with Crippen LogP contribution in [0.1, 0.15) is 56.0 Å². The molecule has 1 saturated heterocycles. The molecule has 5 nitrogen and oxygen atoms in total. The van der Waals surface area contributed by atoms with Gasteiger partial charge < -0.3 is 4.90 Å². The number of thioether (sulfide) groups is 1. The van der Waals surface area contributed by atoms with Crippen molar-refractivity contribution in [3.8, 4) is 0 Å². The normalized spacial score (nSPS) is 19.1. The van der Waals surface area contributed by atoms with E-state index in [4.69, 9.17) is 0 Å². The summed E-state index contributed by atoms with van der Waals surface area (Å²) in [6.07, 6.45) is 3.37. The molecule has 1 aliphatic rings. The van der Waals surface area contributed by atoms with Gasteiger partial charge in [0, 0.05) is 30.1 Å². The molecule has 2 atom stereocenters. The molecule has 1 heterocycles. The summed E-state index contributed by atoms with van der Waals surface area (Å²) in [6, 6.07) is 18.2. The summed E-state index contributed by atoms with van der Waals surface area (Å²) in [5.74, 6) is 0.277. The molecule has 6 heteroatoms. The van der Waals surface area contributed by atoms with Crippen LogP contribution in [-0.4, -0.2) is 46.1 Å². The Bertz CT molecular complexity index is 864. The third kappa shape index (κ3) is 6.34. The van der Waals surface area contributed by atoms with Crippen LogP contribution in [0.3, 0.4) is 0 Å². The highest BCUT2D eigenvalue weighted by molar-refractivity contribution is 8.00. The molecule has 0 aliphatic carbocycles. The summed E-state index contributed by atoms with van der Waals surface area (Å²) in [6.45, 7) is 7.56. The number of amides is 2. The summed E-state index contributed by atoms with van der Waals surface area (Å²) in [5.41, 5.74) is 4.85. The summed E-state index contributed by atoms with van der Waals surface area (Å²) in [7, 11) is 0. The van der Waals surface area contributed by atoms with Crippen LogP contribution in [0.25, 0.3) is 0 Å². The van der Waals surface area contributed by atoms with Crippen molar-refractivity contribution in [2.75, 3.05) is 12.3 Å². The number of benzene rings is 2. The quantitative estimate of drug-likeness (QED) is 0.604. The lowest BCUT2D eigenvalue weighted by atomic mass is 10.00. The Morgan fingerprint density at radius 2 is 1.68 bits per heavy atom. The van der Waals surface area contributed by atoms with E-state index >= 15 is 0 Å². The molecule has 2 amide bonds. The maximum atomic E-state index is 13.0. The molecule has 2 aromatic carbocycles. The SMILES string of the molecule is CCN(Cc1ccccc1)C(=O)CSc1ccccc1C(=O)NN1C(C)CCCC1C. The average molecular weight is 440 g/mol. The highest BCUT2D eigenvalue weighted by Gasteiger charge is 2.27. The predicted molar refractivity (Wildman–Crippen MR) is 127 cm³/mol. The van der Waals surface area contributed by atoms with Crippen molar-refractivity contribution in [2.24, 2.45) is 0 Å². The number of rotatable bonds is 8. The van der Waals surface area contributed by atoms with E-state index in [2.05, 4.69) is 24.3 Å². The van der Waals surface area contributed by atoms with Gasteiger partial charge in [0.25, 0.3) is 5.91 Å². The molecule has 3 rings (SSSR count). The highest BCUT2D eigenvalue weighted by Crippen LogP contribution is 2.25. The zero-order valence-electron chi connectivity index (χ0n) is 18.7. The number of hydrogen-bond donors (Lipinski definition) is 1. The lowest BCUT2D eigenvalue weighted by Crippen LogP contribution is -2.54. The minimum atomic E-state index is -0.104. The van der Waals surface area contributed by atoms with Gasteiger partial charge in [-0.25, -0.2) is 5.01 Å². The maximum Gasteiger partial charge on any atom is 0.266 e. The molecular formula is C25H33N3O2S. The van der Waals surface area contributed by atoms with Gasteiger partial charge in [-0.3, -0.25) is 15.0 Å². The first-order valence-electron chi connectivity index (χ1n) is 11.1. The lowest BCUT2D eigenvalue weighted by molar-refractivity contribution is -0.128. The average Bonchev–Trinajstić information content (AvgIpc) is 2.79. The Morgan fingerprint density at radius 1 is 1.03 bits per heavy atom. The Balaban J connectivity index is 1.63. The number of nitrogens with zero attached hydrogens (tertiary/aromatic N) is 2. The molecule has 0 spiro atoms. The molecule has 31 heavy (non-hydrogen) atoms. The molecule has 1 fully saturated rings. The second-order valence-electron chi connectivity index (χ2n) is 8.16. The van der Waals surface area contributed by atoms with E-state index in [1.807, 2.05) is 66.4 Å². The smallest absolute Gasteiger partial charge is 0.266 e. The van der Waals surface area contributed by atoms with Crippen molar-refractivity contribution < 1.29 is 9.59 Å². The first-order valence-corrected chi connectivity index (χ1v) is 12.1. The molecule has 0 bridgehead atoms. The predicted octanol–water partition coefficient (Wildman–Crippen LogP) is 4.74. The summed E-state index contributed by atoms with van der Waals surface area (Å²) < 4.78 is 0. The van der Waals surface area contributed by atoms with E-state index in [0.29, 0.717) is 36.5 Å². The van der Waals surface area contributed by atoms with Gasteiger partial charge in [0.05, 0.1) is 11.3 Å². The largest absolute Gasteiger partial charge is 0.338 e. The van der Waals surface area contributed by atoms with Gasteiger partial charge in [-0.15, -0.1) is 11.8 Å². The molecule has 2 aromatic rings. The summed E-state index contributed by atoms with van der Waals surface area (Å²) >= 11 is 1.43. The molecule has 2 unspecified atom stereocenters. The van der Waals surface area contributed by atoms with Crippen molar-refractivity contribution in [3.63, 3.8) is 0 Å². The number of hydrazine groups is 1. The van der Waals surface area contributed by atoms with Crippen LogP contribution in [0, 0.1) is 0 Å². The van der Waals surface area contributed by atoms with Crippen LogP contribution in [0.15, 0.2) is 59.5 Å². The van der Waals surface area contributed by atoms with Crippen LogP contribution in [0.5, 0.6) is 0 Å². The number of hydrogen-bond acceptors (Lipinski definition) is 4. The first kappa shape index (κ1) is 23.4. The van der Waals surface area contributed by atoms with Gasteiger partial charge in [-0.2, -0.15) is 0 Å². The standard InChI is InChI=1S/C25H33N3O2S/c1-4-27(17-21-13-6-5-7-14-21)24(29)18-31-23-16-9-8-15-22(23)25(30)26-28-19(2)11-10-12-20(28)3/h5-9,13-16,19-20H,4,10-12,17-18H2,1-3H3,(H,26,30). The van der Waals surface area contributed by atoms with E-state index in [-0.39, 0.29) is 11.8 Å². The molecular weight excluding hydrogens is 406 g/mol. The van der Waals surface area contributed by atoms with Crippen molar-refractivity contribution in [1.82, 2.24) is 15.3 Å². The lowest BCUT2D eigenvalue weighted by Gasteiger charge is -2.38. The van der Waals surface area contributed by atoms with Crippen molar-refractivity contribution in [3.05, 3.63) is 65.7 Å². The summed E-state index contributed by atoms with van der Waals surface area (Å²) in [4.78, 5) is 28.6. The molecule has 0 aromatic heterocycles. The summed E-state index contributed by atoms with van der Waals surface area (Å²) in [5, 5.41) is 2.08. The van der Waals surface area contributed by atoms with E-state index in [0.717, 1.165) is 23.3 Å². The Kier molecular flexibility index (Phi) is 8.55. The zero-order valence-corrected chi connectivity index (χ0v) is 19.5. The van der Waals surface area contributed by atoms with Gasteiger partial charge >= 0.3 is 0 Å². The number of carbonyl (C=O) groups is 2. The minimum absolute atomic E-state index is 0.0739. The fourth-order valence-electron chi connectivity index (χ4n) is 4.01. The van der Waals surface area contributed by atoms with Crippen molar-refractivity contribution >= 4 is 23.6 Å². The fraction of sp³-hybridized carbons (Fsp3) is 0.440. The Labute approximate surface area is 190 Å². The molecule has 0 radical (unpaired) electrons. The van der Waals surface area contributed by atoms with Crippen molar-refractivity contribution in [1.29, 1.82) is 0 Å². The number of piperidine rings is 1. The van der Waals surface area contributed by atoms with Crippen LogP contribution in [-0.2, 0) is 11.3 Å². The second-order valence-corrected chi connectivity index (χ2v) is 9.17. The van der Waals surface area contributed by atoms with Gasteiger partial charge in [-0.1, -0.05) is 48.9 Å². The first-order chi connectivity index (χ1) is 15.0. The van der Waals surface area contributed by atoms with Crippen LogP contribution in [0.4, 0.5) is 0 Å². The van der Waals surface area contributed by atoms with E-state index in [9.17, 15) is 9.59 Å². The van der Waals surface area contributed by atoms with Crippen molar-refractivity contribution in [2.45, 2.75) is 63.6 Å². The molecule has 0 saturated carbocycles. The van der Waals surface area contributed by atoms with Crippen LogP contribution in [0.2, 0.25) is 0 Å². The fourth-order valence-corrected chi connectivity index (χ4v) is 4.96. The van der Waals surface area contributed by atoms with Gasteiger partial charge in [0.15, 0.2) is 0 Å². The third-order valence-corrected chi connectivity index (χ3v) is 6.92. The Morgan fingerprint density at radius 3 is 2.35 bits per heavy atom. The monoisotopic (exact) mass is 439 g/mol. The van der Waals surface area contributed by atoms with E-state index in [1.54, 1.807) is 0 Å². The molecule has 1 aliphatic heterocycles. The number of carbonyl (C=O) groups excluding carboxylic acids is 2. The Hall–Kier alpha value is -2.31. The third-order valence-electron chi connectivity index (χ3n) is 5.86. The van der Waals surface area contributed by atoms with Gasteiger partial charge in [-0.05, 0) is 51.3 Å².